The van der Waals surface area contributed by atoms with Crippen LogP contribution in [0.1, 0.15) is 98.8 Å². The maximum atomic E-state index is 3.80. The number of rotatable bonds is 8. The van der Waals surface area contributed by atoms with Gasteiger partial charge in [0, 0.05) is 12.1 Å². The highest BCUT2D eigenvalue weighted by molar-refractivity contribution is 4.89. The minimum Gasteiger partial charge on any atom is -0.312 e. The van der Waals surface area contributed by atoms with E-state index in [0.29, 0.717) is 5.41 Å². The summed E-state index contributed by atoms with van der Waals surface area (Å²) in [6.45, 7) is 12.8. The van der Waals surface area contributed by atoms with Crippen molar-refractivity contribution in [1.29, 1.82) is 0 Å². The van der Waals surface area contributed by atoms with E-state index in [1.165, 1.54) is 70.8 Å². The third-order valence-corrected chi connectivity index (χ3v) is 5.19. The van der Waals surface area contributed by atoms with Crippen molar-refractivity contribution in [3.8, 4) is 0 Å². The van der Waals surface area contributed by atoms with Gasteiger partial charge in [0.15, 0.2) is 0 Å². The number of hydrogen-bond donors (Lipinski definition) is 1. The molecule has 1 nitrogen and oxygen atoms in total. The van der Waals surface area contributed by atoms with E-state index in [2.05, 4.69) is 39.9 Å². The Morgan fingerprint density at radius 2 is 1.60 bits per heavy atom. The average molecular weight is 282 g/mol. The van der Waals surface area contributed by atoms with Crippen LogP contribution < -0.4 is 5.32 Å². The van der Waals surface area contributed by atoms with Gasteiger partial charge >= 0.3 is 0 Å². The molecule has 1 aliphatic rings. The fourth-order valence-corrected chi connectivity index (χ4v) is 3.59. The van der Waals surface area contributed by atoms with Gasteiger partial charge in [-0.25, -0.2) is 0 Å². The van der Waals surface area contributed by atoms with Crippen molar-refractivity contribution in [3.05, 3.63) is 0 Å². The molecule has 0 saturated heterocycles. The van der Waals surface area contributed by atoms with Crippen LogP contribution in [0.4, 0.5) is 0 Å². The summed E-state index contributed by atoms with van der Waals surface area (Å²) in [5.41, 5.74) is 0.865. The monoisotopic (exact) mass is 281 g/mol. The predicted octanol–water partition coefficient (Wildman–Crippen LogP) is 5.93. The van der Waals surface area contributed by atoms with Crippen molar-refractivity contribution in [2.75, 3.05) is 6.54 Å². The van der Waals surface area contributed by atoms with Gasteiger partial charge in [-0.1, -0.05) is 46.0 Å². The van der Waals surface area contributed by atoms with Crippen LogP contribution in [-0.4, -0.2) is 12.1 Å². The van der Waals surface area contributed by atoms with Crippen LogP contribution in [0.3, 0.4) is 0 Å². The van der Waals surface area contributed by atoms with Crippen molar-refractivity contribution >= 4 is 0 Å². The van der Waals surface area contributed by atoms with Crippen LogP contribution in [-0.2, 0) is 0 Å². The van der Waals surface area contributed by atoms with Crippen molar-refractivity contribution in [2.45, 2.75) is 104 Å². The van der Waals surface area contributed by atoms with Crippen LogP contribution in [0, 0.1) is 11.3 Å². The van der Waals surface area contributed by atoms with Gasteiger partial charge in [-0.05, 0) is 64.2 Å². The van der Waals surface area contributed by atoms with Crippen LogP contribution in [0.2, 0.25) is 0 Å². The number of nitrogens with one attached hydrogen (secondary N) is 1. The van der Waals surface area contributed by atoms with Crippen molar-refractivity contribution in [3.63, 3.8) is 0 Å². The normalized spacial score (nSPS) is 27.8. The lowest BCUT2D eigenvalue weighted by atomic mass is 9.67. The summed E-state index contributed by atoms with van der Waals surface area (Å²) in [6.07, 6.45) is 14.4. The van der Waals surface area contributed by atoms with Gasteiger partial charge in [0.2, 0.25) is 0 Å². The third kappa shape index (κ3) is 6.61. The maximum Gasteiger partial charge on any atom is 0.00967 e. The van der Waals surface area contributed by atoms with Crippen LogP contribution in [0.5, 0.6) is 0 Å². The minimum absolute atomic E-state index is 0.262. The molecule has 0 bridgehead atoms. The summed E-state index contributed by atoms with van der Waals surface area (Å²) >= 11 is 0. The second kappa shape index (κ2) is 8.41. The highest BCUT2D eigenvalue weighted by atomic mass is 15.0. The number of hydrogen-bond acceptors (Lipinski definition) is 1. The van der Waals surface area contributed by atoms with E-state index >= 15 is 0 Å². The molecule has 20 heavy (non-hydrogen) atoms. The van der Waals surface area contributed by atoms with Gasteiger partial charge in [-0.15, -0.1) is 0 Å². The lowest BCUT2D eigenvalue weighted by molar-refractivity contribution is 0.115. The Balaban J connectivity index is 2.49. The first-order chi connectivity index (χ1) is 9.41. The molecule has 0 aromatic carbocycles. The Kier molecular flexibility index (Phi) is 7.58. The van der Waals surface area contributed by atoms with Gasteiger partial charge in [0.1, 0.15) is 0 Å². The molecular formula is C19H39N. The van der Waals surface area contributed by atoms with Crippen LogP contribution in [0.15, 0.2) is 0 Å². The molecular weight excluding hydrogens is 242 g/mol. The lowest BCUT2D eigenvalue weighted by Gasteiger charge is -2.42. The van der Waals surface area contributed by atoms with E-state index in [9.17, 15) is 0 Å². The molecule has 0 atom stereocenters. The van der Waals surface area contributed by atoms with Crippen LogP contribution >= 0.6 is 0 Å². The summed E-state index contributed by atoms with van der Waals surface area (Å²) in [4.78, 5) is 0. The third-order valence-electron chi connectivity index (χ3n) is 5.19. The summed E-state index contributed by atoms with van der Waals surface area (Å²) < 4.78 is 0. The molecule has 120 valence electrons. The Bertz CT molecular complexity index is 243. The fourth-order valence-electron chi connectivity index (χ4n) is 3.59. The first-order valence-corrected chi connectivity index (χ1v) is 9.16. The Morgan fingerprint density at radius 1 is 1.00 bits per heavy atom. The number of unbranched alkanes of at least 4 members (excludes halogenated alkanes) is 2. The molecule has 0 unspecified atom stereocenters. The summed E-state index contributed by atoms with van der Waals surface area (Å²) in [5, 5.41) is 3.80. The molecule has 0 heterocycles. The summed E-state index contributed by atoms with van der Waals surface area (Å²) in [6, 6.07) is 0. The quantitative estimate of drug-likeness (QED) is 0.581. The van der Waals surface area contributed by atoms with Crippen molar-refractivity contribution in [1.82, 2.24) is 5.32 Å². The molecule has 1 aliphatic carbocycles. The topological polar surface area (TPSA) is 12.0 Å². The molecule has 0 spiro atoms. The van der Waals surface area contributed by atoms with Gasteiger partial charge in [0.25, 0.3) is 0 Å². The zero-order valence-corrected chi connectivity index (χ0v) is 14.9. The first-order valence-electron chi connectivity index (χ1n) is 9.16. The van der Waals surface area contributed by atoms with Gasteiger partial charge in [-0.2, -0.15) is 0 Å². The first kappa shape index (κ1) is 18.0. The molecule has 0 aromatic heterocycles. The van der Waals surface area contributed by atoms with Gasteiger partial charge in [0.05, 0.1) is 0 Å². The SMILES string of the molecule is CCCCC1CCC(CCCC)(CNC(C)(C)C)CC1. The van der Waals surface area contributed by atoms with E-state index in [1.54, 1.807) is 0 Å². The van der Waals surface area contributed by atoms with Crippen LogP contribution in [0.25, 0.3) is 0 Å². The Hall–Kier alpha value is -0.0400. The second-order valence-corrected chi connectivity index (χ2v) is 8.29. The van der Waals surface area contributed by atoms with E-state index in [-0.39, 0.29) is 5.54 Å². The molecule has 1 N–H and O–H groups in total. The van der Waals surface area contributed by atoms with E-state index in [0.717, 1.165) is 5.92 Å². The molecule has 0 amide bonds. The molecule has 1 fully saturated rings. The molecule has 0 radical (unpaired) electrons. The largest absolute Gasteiger partial charge is 0.312 e. The fraction of sp³-hybridized carbons (Fsp3) is 1.00. The lowest BCUT2D eigenvalue weighted by Crippen LogP contribution is -2.45. The Morgan fingerprint density at radius 3 is 2.10 bits per heavy atom. The zero-order valence-electron chi connectivity index (χ0n) is 14.9. The van der Waals surface area contributed by atoms with E-state index in [4.69, 9.17) is 0 Å². The molecule has 0 aliphatic heterocycles. The highest BCUT2D eigenvalue weighted by Crippen LogP contribution is 2.43. The van der Waals surface area contributed by atoms with Crippen molar-refractivity contribution < 1.29 is 0 Å². The molecule has 1 saturated carbocycles. The van der Waals surface area contributed by atoms with E-state index < -0.39 is 0 Å². The minimum atomic E-state index is 0.262. The maximum absolute atomic E-state index is 3.80. The molecule has 1 heteroatoms. The van der Waals surface area contributed by atoms with Crippen molar-refractivity contribution in [2.24, 2.45) is 11.3 Å². The summed E-state index contributed by atoms with van der Waals surface area (Å²) in [7, 11) is 0. The van der Waals surface area contributed by atoms with E-state index in [1.807, 2.05) is 0 Å². The second-order valence-electron chi connectivity index (χ2n) is 8.29. The average Bonchev–Trinajstić information content (AvgIpc) is 2.42. The smallest absolute Gasteiger partial charge is 0.00967 e. The highest BCUT2D eigenvalue weighted by Gasteiger charge is 2.35. The zero-order chi connectivity index (χ0) is 15.1. The molecule has 1 rings (SSSR count). The van der Waals surface area contributed by atoms with Gasteiger partial charge < -0.3 is 5.32 Å². The van der Waals surface area contributed by atoms with Gasteiger partial charge in [-0.3, -0.25) is 0 Å². The predicted molar refractivity (Wildman–Crippen MR) is 91.2 cm³/mol. The Labute approximate surface area is 128 Å². The molecule has 0 aromatic rings. The summed E-state index contributed by atoms with van der Waals surface area (Å²) in [5.74, 6) is 1.03. The standard InChI is InChI=1S/C19H39N/c1-6-8-10-17-11-14-19(15-12-17,13-9-7-2)16-20-18(3,4)5/h17,20H,6-16H2,1-5H3.